The highest BCUT2D eigenvalue weighted by Gasteiger charge is 2.14. The molecule has 1 aliphatic heterocycles. The van der Waals surface area contributed by atoms with E-state index in [-0.39, 0.29) is 12.5 Å². The number of amides is 1. The van der Waals surface area contributed by atoms with E-state index >= 15 is 0 Å². The fraction of sp³-hybridized carbons (Fsp3) is 0.562. The molecule has 1 amide bonds. The lowest BCUT2D eigenvalue weighted by Gasteiger charge is -2.22. The van der Waals surface area contributed by atoms with Gasteiger partial charge in [-0.05, 0) is 50.9 Å². The molecule has 116 valence electrons. The standard InChI is InChI=1S/C16H24N2O3/c1-2-20-14-7-3-4-8-15(14)21-12-16(19)18-11-13-6-5-9-17-10-13/h3-4,7-8,13,17H,2,5-6,9-12H2,1H3,(H,18,19). The summed E-state index contributed by atoms with van der Waals surface area (Å²) in [5.74, 6) is 1.71. The van der Waals surface area contributed by atoms with Crippen molar-refractivity contribution < 1.29 is 14.3 Å². The van der Waals surface area contributed by atoms with Gasteiger partial charge in [-0.2, -0.15) is 0 Å². The molecule has 0 spiro atoms. The zero-order valence-corrected chi connectivity index (χ0v) is 12.6. The molecule has 2 rings (SSSR count). The molecule has 1 aromatic carbocycles. The highest BCUT2D eigenvalue weighted by Crippen LogP contribution is 2.26. The molecule has 0 radical (unpaired) electrons. The number of para-hydroxylation sites is 2. The topological polar surface area (TPSA) is 59.6 Å². The zero-order valence-electron chi connectivity index (χ0n) is 12.6. The second kappa shape index (κ2) is 8.52. The van der Waals surface area contributed by atoms with Crippen LogP contribution in [-0.4, -0.2) is 38.8 Å². The van der Waals surface area contributed by atoms with E-state index in [1.54, 1.807) is 0 Å². The first-order valence-corrected chi connectivity index (χ1v) is 7.61. The van der Waals surface area contributed by atoms with Gasteiger partial charge in [0.1, 0.15) is 0 Å². The molecule has 0 bridgehead atoms. The highest BCUT2D eigenvalue weighted by atomic mass is 16.5. The van der Waals surface area contributed by atoms with Crippen molar-refractivity contribution in [3.05, 3.63) is 24.3 Å². The molecule has 21 heavy (non-hydrogen) atoms. The Bertz CT molecular complexity index is 445. The average Bonchev–Trinajstić information content (AvgIpc) is 2.53. The number of benzene rings is 1. The molecule has 1 aliphatic rings. The van der Waals surface area contributed by atoms with Crippen molar-refractivity contribution in [2.75, 3.05) is 32.8 Å². The van der Waals surface area contributed by atoms with Gasteiger partial charge in [0.2, 0.25) is 0 Å². The number of hydrogen-bond donors (Lipinski definition) is 2. The Hall–Kier alpha value is -1.75. The largest absolute Gasteiger partial charge is 0.490 e. The van der Waals surface area contributed by atoms with E-state index in [4.69, 9.17) is 9.47 Å². The van der Waals surface area contributed by atoms with Crippen LogP contribution in [0.3, 0.4) is 0 Å². The minimum atomic E-state index is -0.0909. The van der Waals surface area contributed by atoms with E-state index in [1.807, 2.05) is 31.2 Å². The van der Waals surface area contributed by atoms with E-state index in [9.17, 15) is 4.79 Å². The maximum absolute atomic E-state index is 11.8. The van der Waals surface area contributed by atoms with Crippen LogP contribution in [0.4, 0.5) is 0 Å². The third kappa shape index (κ3) is 5.27. The molecule has 1 heterocycles. The van der Waals surface area contributed by atoms with Crippen LogP contribution in [-0.2, 0) is 4.79 Å². The van der Waals surface area contributed by atoms with Gasteiger partial charge in [0.15, 0.2) is 18.1 Å². The average molecular weight is 292 g/mol. The second-order valence-electron chi connectivity index (χ2n) is 5.18. The summed E-state index contributed by atoms with van der Waals surface area (Å²) in [4.78, 5) is 11.8. The van der Waals surface area contributed by atoms with Crippen LogP contribution in [0.5, 0.6) is 11.5 Å². The van der Waals surface area contributed by atoms with Crippen molar-refractivity contribution in [3.63, 3.8) is 0 Å². The summed E-state index contributed by atoms with van der Waals surface area (Å²) in [6, 6.07) is 7.39. The van der Waals surface area contributed by atoms with Crippen LogP contribution in [0.25, 0.3) is 0 Å². The summed E-state index contributed by atoms with van der Waals surface area (Å²) < 4.78 is 11.0. The van der Waals surface area contributed by atoms with E-state index < -0.39 is 0 Å². The van der Waals surface area contributed by atoms with Crippen LogP contribution >= 0.6 is 0 Å². The minimum absolute atomic E-state index is 0.0181. The third-order valence-electron chi connectivity index (χ3n) is 3.49. The second-order valence-corrected chi connectivity index (χ2v) is 5.18. The molecule has 0 saturated carbocycles. The lowest BCUT2D eigenvalue weighted by atomic mass is 10.00. The molecule has 5 nitrogen and oxygen atoms in total. The van der Waals surface area contributed by atoms with Crippen molar-refractivity contribution in [1.29, 1.82) is 0 Å². The summed E-state index contributed by atoms with van der Waals surface area (Å²) >= 11 is 0. The van der Waals surface area contributed by atoms with Crippen LogP contribution in [0.1, 0.15) is 19.8 Å². The van der Waals surface area contributed by atoms with Crippen molar-refractivity contribution in [1.82, 2.24) is 10.6 Å². The number of piperidine rings is 1. The van der Waals surface area contributed by atoms with Gasteiger partial charge in [0, 0.05) is 6.54 Å². The number of carbonyl (C=O) groups excluding carboxylic acids is 1. The van der Waals surface area contributed by atoms with Gasteiger partial charge in [0.25, 0.3) is 5.91 Å². The lowest BCUT2D eigenvalue weighted by Crippen LogP contribution is -2.39. The van der Waals surface area contributed by atoms with Gasteiger partial charge in [-0.1, -0.05) is 12.1 Å². The predicted molar refractivity (Wildman–Crippen MR) is 81.7 cm³/mol. The SMILES string of the molecule is CCOc1ccccc1OCC(=O)NCC1CCCNC1. The van der Waals surface area contributed by atoms with Crippen LogP contribution < -0.4 is 20.1 Å². The van der Waals surface area contributed by atoms with Crippen LogP contribution in [0, 0.1) is 5.92 Å². The zero-order chi connectivity index (χ0) is 14.9. The number of hydrogen-bond acceptors (Lipinski definition) is 4. The Kier molecular flexibility index (Phi) is 6.34. The van der Waals surface area contributed by atoms with Crippen molar-refractivity contribution in [2.45, 2.75) is 19.8 Å². The van der Waals surface area contributed by atoms with E-state index in [0.29, 0.717) is 30.6 Å². The lowest BCUT2D eigenvalue weighted by molar-refractivity contribution is -0.123. The van der Waals surface area contributed by atoms with Crippen LogP contribution in [0.2, 0.25) is 0 Å². The quantitative estimate of drug-likeness (QED) is 0.801. The maximum Gasteiger partial charge on any atom is 0.257 e. The number of ether oxygens (including phenoxy) is 2. The molecule has 2 N–H and O–H groups in total. The Balaban J connectivity index is 1.73. The summed E-state index contributed by atoms with van der Waals surface area (Å²) in [7, 11) is 0. The maximum atomic E-state index is 11.8. The van der Waals surface area contributed by atoms with Crippen molar-refractivity contribution in [3.8, 4) is 11.5 Å². The fourth-order valence-corrected chi connectivity index (χ4v) is 2.39. The van der Waals surface area contributed by atoms with Gasteiger partial charge in [-0.15, -0.1) is 0 Å². The summed E-state index contributed by atoms with van der Waals surface area (Å²) in [6.45, 7) is 5.28. The molecule has 0 aromatic heterocycles. The first-order chi connectivity index (χ1) is 10.3. The molecule has 1 saturated heterocycles. The molecule has 5 heteroatoms. The molecule has 1 aromatic rings. The van der Waals surface area contributed by atoms with Gasteiger partial charge in [-0.25, -0.2) is 0 Å². The molecule has 1 unspecified atom stereocenters. The summed E-state index contributed by atoms with van der Waals surface area (Å²) in [5.41, 5.74) is 0. The van der Waals surface area contributed by atoms with E-state index in [0.717, 1.165) is 13.1 Å². The number of rotatable bonds is 7. The van der Waals surface area contributed by atoms with Crippen molar-refractivity contribution in [2.24, 2.45) is 5.92 Å². The van der Waals surface area contributed by atoms with Gasteiger partial charge in [-0.3, -0.25) is 4.79 Å². The summed E-state index contributed by atoms with van der Waals surface area (Å²) in [5, 5.41) is 6.27. The van der Waals surface area contributed by atoms with Crippen LogP contribution in [0.15, 0.2) is 24.3 Å². The Morgan fingerprint density at radius 2 is 2.10 bits per heavy atom. The predicted octanol–water partition coefficient (Wildman–Crippen LogP) is 1.58. The monoisotopic (exact) mass is 292 g/mol. The molecule has 0 aliphatic carbocycles. The Morgan fingerprint density at radius 3 is 2.76 bits per heavy atom. The molecular formula is C16H24N2O3. The smallest absolute Gasteiger partial charge is 0.257 e. The molecular weight excluding hydrogens is 268 g/mol. The van der Waals surface area contributed by atoms with E-state index in [1.165, 1.54) is 12.8 Å². The minimum Gasteiger partial charge on any atom is -0.490 e. The summed E-state index contributed by atoms with van der Waals surface area (Å²) in [6.07, 6.45) is 2.35. The first-order valence-electron chi connectivity index (χ1n) is 7.61. The molecule has 1 atom stereocenters. The highest BCUT2D eigenvalue weighted by molar-refractivity contribution is 5.77. The van der Waals surface area contributed by atoms with Gasteiger partial charge in [0.05, 0.1) is 6.61 Å². The van der Waals surface area contributed by atoms with E-state index in [2.05, 4.69) is 10.6 Å². The van der Waals surface area contributed by atoms with Gasteiger partial charge >= 0.3 is 0 Å². The van der Waals surface area contributed by atoms with Crippen molar-refractivity contribution >= 4 is 5.91 Å². The molecule has 1 fully saturated rings. The van der Waals surface area contributed by atoms with Gasteiger partial charge < -0.3 is 20.1 Å². The third-order valence-corrected chi connectivity index (χ3v) is 3.49. The fourth-order valence-electron chi connectivity index (χ4n) is 2.39. The Morgan fingerprint density at radius 1 is 1.33 bits per heavy atom. The first kappa shape index (κ1) is 15.6. The number of nitrogens with one attached hydrogen (secondary N) is 2. The normalized spacial score (nSPS) is 18.0. The number of carbonyl (C=O) groups is 1. The Labute approximate surface area is 126 Å².